The number of nitrogens with zero attached hydrogens (tertiary/aromatic N) is 1. The number of sulfonamides is 1. The molecule has 6 nitrogen and oxygen atoms in total. The highest BCUT2D eigenvalue weighted by molar-refractivity contribution is 7.90. The van der Waals surface area contributed by atoms with E-state index in [9.17, 15) is 13.2 Å². The molecular weight excluding hydrogens is 388 g/mol. The summed E-state index contributed by atoms with van der Waals surface area (Å²) in [5, 5.41) is 0. The fraction of sp³-hybridized carbons (Fsp3) is 0.0909. The molecule has 146 valence electrons. The maximum atomic E-state index is 12.3. The third kappa shape index (κ3) is 4.20. The van der Waals surface area contributed by atoms with Gasteiger partial charge in [0, 0.05) is 5.56 Å². The number of fused-ring (bicyclic) bond motifs is 1. The molecule has 1 aliphatic heterocycles. The highest BCUT2D eigenvalue weighted by atomic mass is 32.2. The molecule has 0 saturated heterocycles. The number of aliphatic imine (C=N–C) groups is 1. The van der Waals surface area contributed by atoms with Crippen molar-refractivity contribution in [3.8, 4) is 0 Å². The minimum Gasteiger partial charge on any atom is -0.457 e. The first kappa shape index (κ1) is 18.9. The highest BCUT2D eigenvalue weighted by Gasteiger charge is 2.29. The average Bonchev–Trinajstić information content (AvgIpc) is 3.02. The number of amidine groups is 1. The predicted molar refractivity (Wildman–Crippen MR) is 109 cm³/mol. The molecule has 0 spiro atoms. The molecule has 0 amide bonds. The Kier molecular flexibility index (Phi) is 5.14. The summed E-state index contributed by atoms with van der Waals surface area (Å²) >= 11 is 0. The second kappa shape index (κ2) is 7.89. The molecule has 4 rings (SSSR count). The normalized spacial score (nSPS) is 15.5. The third-order valence-corrected chi connectivity index (χ3v) is 5.86. The van der Waals surface area contributed by atoms with E-state index in [1.54, 1.807) is 42.5 Å². The Bertz CT molecular complexity index is 1190. The number of rotatable bonds is 5. The van der Waals surface area contributed by atoms with E-state index in [0.29, 0.717) is 17.0 Å². The van der Waals surface area contributed by atoms with Crippen LogP contribution in [0.4, 0.5) is 0 Å². The van der Waals surface area contributed by atoms with Gasteiger partial charge in [0.1, 0.15) is 12.4 Å². The lowest BCUT2D eigenvalue weighted by atomic mass is 10.1. The first-order valence-electron chi connectivity index (χ1n) is 8.99. The quantitative estimate of drug-likeness (QED) is 0.659. The van der Waals surface area contributed by atoms with E-state index < -0.39 is 16.0 Å². The smallest absolute Gasteiger partial charge is 0.338 e. The van der Waals surface area contributed by atoms with Crippen LogP contribution in [0.5, 0.6) is 0 Å². The maximum absolute atomic E-state index is 12.3. The van der Waals surface area contributed by atoms with Crippen molar-refractivity contribution < 1.29 is 17.9 Å². The number of carbonyl (C=O) groups is 1. The zero-order valence-corrected chi connectivity index (χ0v) is 16.2. The van der Waals surface area contributed by atoms with Crippen LogP contribution in [0, 0.1) is 0 Å². The van der Waals surface area contributed by atoms with Gasteiger partial charge in [0.2, 0.25) is 0 Å². The molecule has 29 heavy (non-hydrogen) atoms. The van der Waals surface area contributed by atoms with Crippen LogP contribution < -0.4 is 4.72 Å². The van der Waals surface area contributed by atoms with Crippen molar-refractivity contribution in [1.82, 2.24) is 4.72 Å². The molecule has 1 aliphatic rings. The van der Waals surface area contributed by atoms with Gasteiger partial charge in [-0.05, 0) is 35.4 Å². The van der Waals surface area contributed by atoms with Gasteiger partial charge in [-0.15, -0.1) is 0 Å². The van der Waals surface area contributed by atoms with Crippen molar-refractivity contribution in [3.63, 3.8) is 0 Å². The number of nitrogens with one attached hydrogen (secondary N) is 1. The van der Waals surface area contributed by atoms with Crippen LogP contribution >= 0.6 is 0 Å². The van der Waals surface area contributed by atoms with Gasteiger partial charge in [-0.1, -0.05) is 54.6 Å². The van der Waals surface area contributed by atoms with E-state index >= 15 is 0 Å². The molecule has 0 aromatic heterocycles. The van der Waals surface area contributed by atoms with Crippen molar-refractivity contribution in [2.75, 3.05) is 0 Å². The number of hydrogen-bond acceptors (Lipinski definition) is 5. The Balaban J connectivity index is 1.47. The van der Waals surface area contributed by atoms with Crippen molar-refractivity contribution in [2.45, 2.75) is 18.0 Å². The SMILES string of the molecule is O=C(OCc1ccccc1)c1cccc(CN=C2NS(=O)(=O)c3ccccc32)c1. The maximum Gasteiger partial charge on any atom is 0.338 e. The van der Waals surface area contributed by atoms with Crippen LogP contribution in [0.1, 0.15) is 27.0 Å². The van der Waals surface area contributed by atoms with Gasteiger partial charge in [0.05, 0.1) is 17.0 Å². The minimum atomic E-state index is -3.57. The zero-order valence-electron chi connectivity index (χ0n) is 15.4. The lowest BCUT2D eigenvalue weighted by molar-refractivity contribution is 0.0472. The Morgan fingerprint density at radius 2 is 1.62 bits per heavy atom. The number of carbonyl (C=O) groups excluding carboxylic acids is 1. The lowest BCUT2D eigenvalue weighted by Crippen LogP contribution is -2.22. The molecule has 3 aromatic rings. The van der Waals surface area contributed by atoms with Gasteiger partial charge in [0.25, 0.3) is 10.0 Å². The molecule has 1 heterocycles. The summed E-state index contributed by atoms with van der Waals surface area (Å²) in [5.41, 5.74) is 2.66. The predicted octanol–water partition coefficient (Wildman–Crippen LogP) is 3.28. The monoisotopic (exact) mass is 406 g/mol. The summed E-state index contributed by atoms with van der Waals surface area (Å²) in [6, 6.07) is 23.1. The van der Waals surface area contributed by atoms with Crippen molar-refractivity contribution in [1.29, 1.82) is 0 Å². The van der Waals surface area contributed by atoms with Crippen LogP contribution in [-0.4, -0.2) is 20.2 Å². The van der Waals surface area contributed by atoms with Gasteiger partial charge in [0.15, 0.2) is 0 Å². The summed E-state index contributed by atoms with van der Waals surface area (Å²) in [6.45, 7) is 0.427. The zero-order chi connectivity index (χ0) is 20.3. The van der Waals surface area contributed by atoms with E-state index in [0.717, 1.165) is 11.1 Å². The van der Waals surface area contributed by atoms with Gasteiger partial charge in [-0.2, -0.15) is 0 Å². The average molecular weight is 406 g/mol. The van der Waals surface area contributed by atoms with Crippen molar-refractivity contribution in [2.24, 2.45) is 4.99 Å². The third-order valence-electron chi connectivity index (χ3n) is 4.46. The molecule has 0 aliphatic carbocycles. The molecule has 3 aromatic carbocycles. The number of ether oxygens (including phenoxy) is 1. The second-order valence-corrected chi connectivity index (χ2v) is 8.18. The first-order chi connectivity index (χ1) is 14.0. The number of hydrogen-bond donors (Lipinski definition) is 1. The molecule has 0 radical (unpaired) electrons. The molecule has 0 bridgehead atoms. The largest absolute Gasteiger partial charge is 0.457 e. The van der Waals surface area contributed by atoms with Gasteiger partial charge >= 0.3 is 5.97 Å². The molecule has 0 unspecified atom stereocenters. The second-order valence-electron chi connectivity index (χ2n) is 6.53. The van der Waals surface area contributed by atoms with Crippen LogP contribution in [0.15, 0.2) is 88.8 Å². The van der Waals surface area contributed by atoms with E-state index in [1.807, 2.05) is 36.4 Å². The van der Waals surface area contributed by atoms with Gasteiger partial charge < -0.3 is 4.74 Å². The summed E-state index contributed by atoms with van der Waals surface area (Å²) < 4.78 is 32.1. The summed E-state index contributed by atoms with van der Waals surface area (Å²) in [4.78, 5) is 16.9. The van der Waals surface area contributed by atoms with Gasteiger partial charge in [-0.25, -0.2) is 13.2 Å². The fourth-order valence-corrected chi connectivity index (χ4v) is 4.28. The van der Waals surface area contributed by atoms with Crippen molar-refractivity contribution >= 4 is 21.8 Å². The molecule has 0 fully saturated rings. The summed E-state index contributed by atoms with van der Waals surface area (Å²) in [6.07, 6.45) is 0. The minimum absolute atomic E-state index is 0.199. The Morgan fingerprint density at radius 1 is 0.897 bits per heavy atom. The number of esters is 1. The highest BCUT2D eigenvalue weighted by Crippen LogP contribution is 2.22. The van der Waals surface area contributed by atoms with E-state index in [4.69, 9.17) is 4.74 Å². The topological polar surface area (TPSA) is 84.8 Å². The molecule has 7 heteroatoms. The standard InChI is InChI=1S/C22H18N2O4S/c25-22(28-15-16-7-2-1-3-8-16)18-10-6-9-17(13-18)14-23-21-19-11-4-5-12-20(19)29(26,27)24-21/h1-13H,14-15H2,(H,23,24). The van der Waals surface area contributed by atoms with E-state index in [1.165, 1.54) is 0 Å². The number of benzene rings is 3. The molecule has 1 N–H and O–H groups in total. The van der Waals surface area contributed by atoms with Gasteiger partial charge in [-0.3, -0.25) is 9.71 Å². The first-order valence-corrected chi connectivity index (χ1v) is 10.5. The van der Waals surface area contributed by atoms with Crippen LogP contribution in [0.3, 0.4) is 0 Å². The van der Waals surface area contributed by atoms with Crippen LogP contribution in [0.2, 0.25) is 0 Å². The van der Waals surface area contributed by atoms with E-state index in [2.05, 4.69) is 9.71 Å². The van der Waals surface area contributed by atoms with Crippen LogP contribution in [0.25, 0.3) is 0 Å². The Hall–Kier alpha value is -3.45. The van der Waals surface area contributed by atoms with Crippen molar-refractivity contribution in [3.05, 3.63) is 101 Å². The molecule has 0 atom stereocenters. The molecular formula is C22H18N2O4S. The lowest BCUT2D eigenvalue weighted by Gasteiger charge is -2.06. The Morgan fingerprint density at radius 3 is 2.45 bits per heavy atom. The molecule has 0 saturated carbocycles. The fourth-order valence-electron chi connectivity index (χ4n) is 3.02. The Labute approximate surface area is 168 Å². The summed E-state index contributed by atoms with van der Waals surface area (Å²) in [7, 11) is -3.57. The summed E-state index contributed by atoms with van der Waals surface area (Å²) in [5.74, 6) is -0.118. The van der Waals surface area contributed by atoms with E-state index in [-0.39, 0.29) is 18.0 Å². The van der Waals surface area contributed by atoms with Crippen LogP contribution in [-0.2, 0) is 27.9 Å².